The quantitative estimate of drug-likeness (QED) is 0.242. The third-order valence-corrected chi connectivity index (χ3v) is 10.0. The van der Waals surface area contributed by atoms with Crippen LogP contribution in [0, 0.1) is 5.92 Å². The third kappa shape index (κ3) is 4.91. The fraction of sp³-hybridized carbons (Fsp3) is 0.576. The molecular formula is C33H42NO5+. The molecule has 3 unspecified atom stereocenters. The van der Waals surface area contributed by atoms with Crippen LogP contribution < -0.4 is 0 Å². The largest absolute Gasteiger partial charge is 0.459 e. The monoisotopic (exact) mass is 532 g/mol. The van der Waals surface area contributed by atoms with E-state index < -0.39 is 23.8 Å². The third-order valence-electron chi connectivity index (χ3n) is 10.0. The van der Waals surface area contributed by atoms with Crippen LogP contribution in [0.25, 0.3) is 0 Å². The van der Waals surface area contributed by atoms with Gasteiger partial charge in [-0.05, 0) is 24.0 Å². The van der Waals surface area contributed by atoms with Gasteiger partial charge in [-0.1, -0.05) is 73.5 Å². The van der Waals surface area contributed by atoms with Crippen molar-refractivity contribution >= 4 is 11.9 Å². The molecule has 39 heavy (non-hydrogen) atoms. The van der Waals surface area contributed by atoms with Crippen molar-refractivity contribution in [2.24, 2.45) is 5.92 Å². The molecule has 0 amide bonds. The van der Waals surface area contributed by atoms with Crippen molar-refractivity contribution in [3.05, 3.63) is 71.8 Å². The van der Waals surface area contributed by atoms with Gasteiger partial charge in [-0.15, -0.1) is 0 Å². The minimum atomic E-state index is -1.54. The summed E-state index contributed by atoms with van der Waals surface area (Å²) in [6, 6.07) is 20.4. The lowest BCUT2D eigenvalue weighted by Crippen LogP contribution is -2.60. The average Bonchev–Trinajstić information content (AvgIpc) is 3.69. The molecule has 3 aliphatic heterocycles. The molecule has 2 aromatic rings. The highest BCUT2D eigenvalue weighted by atomic mass is 16.7. The van der Waals surface area contributed by atoms with Crippen molar-refractivity contribution in [1.82, 2.24) is 0 Å². The lowest BCUT2D eigenvalue weighted by Gasteiger charge is -2.47. The van der Waals surface area contributed by atoms with Crippen molar-refractivity contribution in [3.63, 3.8) is 0 Å². The maximum atomic E-state index is 14.6. The topological polar surface area (TPSA) is 61.8 Å². The van der Waals surface area contributed by atoms with Crippen molar-refractivity contribution < 1.29 is 28.3 Å². The molecule has 6 rings (SSSR count). The average molecular weight is 533 g/mol. The van der Waals surface area contributed by atoms with Gasteiger partial charge >= 0.3 is 11.9 Å². The van der Waals surface area contributed by atoms with Crippen LogP contribution in [0.4, 0.5) is 0 Å². The number of hydrogen-bond acceptors (Lipinski definition) is 5. The summed E-state index contributed by atoms with van der Waals surface area (Å²) in [7, 11) is 0. The van der Waals surface area contributed by atoms with Crippen LogP contribution in [0.15, 0.2) is 60.7 Å². The molecule has 1 saturated carbocycles. The van der Waals surface area contributed by atoms with Crippen molar-refractivity contribution in [2.45, 2.75) is 101 Å². The lowest BCUT2D eigenvalue weighted by atomic mass is 9.85. The molecule has 3 saturated heterocycles. The Bertz CT molecular complexity index is 1080. The molecule has 0 radical (unpaired) electrons. The highest BCUT2D eigenvalue weighted by Crippen LogP contribution is 2.47. The van der Waals surface area contributed by atoms with E-state index in [4.69, 9.17) is 14.2 Å². The summed E-state index contributed by atoms with van der Waals surface area (Å²) in [5.74, 6) is -0.772. The Balaban J connectivity index is 1.36. The van der Waals surface area contributed by atoms with Crippen LogP contribution in [0.5, 0.6) is 0 Å². The Morgan fingerprint density at radius 3 is 1.85 bits per heavy atom. The van der Waals surface area contributed by atoms with Gasteiger partial charge < -0.3 is 18.7 Å². The molecule has 6 nitrogen and oxygen atoms in total. The lowest BCUT2D eigenvalue weighted by molar-refractivity contribution is -0.956. The number of hydrogen-bond donors (Lipinski definition) is 0. The number of benzene rings is 2. The summed E-state index contributed by atoms with van der Waals surface area (Å²) in [6.45, 7) is 3.97. The summed E-state index contributed by atoms with van der Waals surface area (Å²) in [5.41, 5.74) is -0.155. The smallest absolute Gasteiger partial charge is 0.348 e. The van der Waals surface area contributed by atoms with Crippen LogP contribution in [0.3, 0.4) is 0 Å². The Hall–Kier alpha value is -2.70. The molecule has 1 spiro atoms. The van der Waals surface area contributed by atoms with E-state index in [2.05, 4.69) is 0 Å². The second kappa shape index (κ2) is 11.1. The van der Waals surface area contributed by atoms with E-state index >= 15 is 0 Å². The predicted octanol–water partition coefficient (Wildman–Crippen LogP) is 5.87. The molecule has 4 fully saturated rings. The summed E-state index contributed by atoms with van der Waals surface area (Å²) >= 11 is 0. The zero-order valence-corrected chi connectivity index (χ0v) is 23.1. The number of carbonyl (C=O) groups excluding carboxylic acids is 2. The van der Waals surface area contributed by atoms with Crippen LogP contribution in [-0.2, 0) is 29.4 Å². The van der Waals surface area contributed by atoms with Gasteiger partial charge in [0.1, 0.15) is 6.10 Å². The first kappa shape index (κ1) is 26.5. The SMILES string of the molecule is CC(=O)OC(OC(C(=O)OC1CC2CCC(C1)[N+]21CCCC1)(c1ccccc1)c1ccccc1)C1CCCC1. The molecular weight excluding hydrogens is 490 g/mol. The van der Waals surface area contributed by atoms with Gasteiger partial charge in [0, 0.05) is 51.4 Å². The molecule has 208 valence electrons. The first-order valence-electron chi connectivity index (χ1n) is 15.0. The maximum absolute atomic E-state index is 14.6. The van der Waals surface area contributed by atoms with E-state index in [1.54, 1.807) is 0 Å². The number of ether oxygens (including phenoxy) is 3. The highest BCUT2D eigenvalue weighted by molar-refractivity contribution is 5.86. The number of nitrogens with zero attached hydrogens (tertiary/aromatic N) is 1. The normalized spacial score (nSPS) is 26.9. The van der Waals surface area contributed by atoms with Crippen LogP contribution in [0.2, 0.25) is 0 Å². The van der Waals surface area contributed by atoms with Crippen LogP contribution in [-0.4, -0.2) is 54.0 Å². The van der Waals surface area contributed by atoms with E-state index in [1.165, 1.54) is 50.2 Å². The fourth-order valence-corrected chi connectivity index (χ4v) is 8.26. The molecule has 0 aromatic heterocycles. The van der Waals surface area contributed by atoms with E-state index in [1.807, 2.05) is 60.7 Å². The van der Waals surface area contributed by atoms with Gasteiger partial charge in [0.25, 0.3) is 0 Å². The Morgan fingerprint density at radius 1 is 0.795 bits per heavy atom. The summed E-state index contributed by atoms with van der Waals surface area (Å²) in [6.07, 6.45) is 9.88. The van der Waals surface area contributed by atoms with Crippen molar-refractivity contribution in [1.29, 1.82) is 0 Å². The Morgan fingerprint density at radius 2 is 1.33 bits per heavy atom. The van der Waals surface area contributed by atoms with Gasteiger partial charge in [0.05, 0.1) is 25.2 Å². The molecule has 2 aromatic carbocycles. The summed E-state index contributed by atoms with van der Waals surface area (Å²) < 4.78 is 20.4. The molecule has 2 bridgehead atoms. The minimum absolute atomic E-state index is 0.0403. The van der Waals surface area contributed by atoms with E-state index in [0.29, 0.717) is 23.2 Å². The minimum Gasteiger partial charge on any atom is -0.459 e. The van der Waals surface area contributed by atoms with E-state index in [0.717, 1.165) is 38.5 Å². The number of carbonyl (C=O) groups is 2. The number of quaternary nitrogens is 1. The Kier molecular flexibility index (Phi) is 7.52. The van der Waals surface area contributed by atoms with Crippen molar-refractivity contribution in [2.75, 3.05) is 13.1 Å². The van der Waals surface area contributed by atoms with Gasteiger partial charge in [0.15, 0.2) is 0 Å². The molecule has 3 atom stereocenters. The molecule has 1 aliphatic carbocycles. The molecule has 6 heteroatoms. The van der Waals surface area contributed by atoms with E-state index in [-0.39, 0.29) is 12.0 Å². The standard InChI is InChI=1S/C33H42NO5/c1-24(35)37-31(25-12-8-9-13-25)39-33(26-14-4-2-5-15-26,27-16-6-3-7-17-27)32(36)38-30-22-28-18-19-29(23-30)34(28)20-10-11-21-34/h2-7,14-17,25,28-31H,8-13,18-23H2,1H3/q+1. The van der Waals surface area contributed by atoms with Gasteiger partial charge in [-0.3, -0.25) is 4.79 Å². The predicted molar refractivity (Wildman–Crippen MR) is 147 cm³/mol. The van der Waals surface area contributed by atoms with Crippen LogP contribution >= 0.6 is 0 Å². The van der Waals surface area contributed by atoms with Crippen LogP contribution in [0.1, 0.15) is 82.3 Å². The number of rotatable bonds is 8. The van der Waals surface area contributed by atoms with Crippen molar-refractivity contribution in [3.8, 4) is 0 Å². The Labute approximate surface area is 232 Å². The fourth-order valence-electron chi connectivity index (χ4n) is 8.26. The number of piperidine rings is 1. The van der Waals surface area contributed by atoms with E-state index in [9.17, 15) is 9.59 Å². The molecule has 3 heterocycles. The van der Waals surface area contributed by atoms with Gasteiger partial charge in [-0.2, -0.15) is 0 Å². The first-order chi connectivity index (χ1) is 19.0. The second-order valence-corrected chi connectivity index (χ2v) is 12.2. The van der Waals surface area contributed by atoms with Gasteiger partial charge in [0.2, 0.25) is 11.9 Å². The second-order valence-electron chi connectivity index (χ2n) is 12.2. The molecule has 4 aliphatic rings. The number of esters is 2. The molecule has 0 N–H and O–H groups in total. The summed E-state index contributed by atoms with van der Waals surface area (Å²) in [5, 5.41) is 0. The van der Waals surface area contributed by atoms with Gasteiger partial charge in [-0.25, -0.2) is 4.79 Å². The maximum Gasteiger partial charge on any atom is 0.348 e. The zero-order valence-electron chi connectivity index (χ0n) is 23.1. The highest BCUT2D eigenvalue weighted by Gasteiger charge is 2.57. The summed E-state index contributed by atoms with van der Waals surface area (Å²) in [4.78, 5) is 26.9. The zero-order chi connectivity index (χ0) is 26.9. The first-order valence-corrected chi connectivity index (χ1v) is 15.0.